The number of nitrogen functional groups attached to an aromatic ring is 1. The predicted octanol–water partition coefficient (Wildman–Crippen LogP) is 0.607. The second kappa shape index (κ2) is 4.16. The lowest BCUT2D eigenvalue weighted by molar-refractivity contribution is 0.100. The summed E-state index contributed by atoms with van der Waals surface area (Å²) in [6.45, 7) is 4.03. The van der Waals surface area contributed by atoms with E-state index in [0.29, 0.717) is 17.1 Å². The van der Waals surface area contributed by atoms with E-state index < -0.39 is 5.91 Å². The molecular weight excluding hydrogens is 192 g/mol. The third-order valence-electron chi connectivity index (χ3n) is 2.32. The van der Waals surface area contributed by atoms with Crippen molar-refractivity contribution in [2.75, 3.05) is 17.7 Å². The molecule has 1 heterocycles. The van der Waals surface area contributed by atoms with E-state index in [1.165, 1.54) is 6.07 Å². The van der Waals surface area contributed by atoms with Gasteiger partial charge in [0.15, 0.2) is 0 Å². The molecule has 0 bridgehead atoms. The Hall–Kier alpha value is -1.78. The van der Waals surface area contributed by atoms with Gasteiger partial charge in [-0.1, -0.05) is 0 Å². The third kappa shape index (κ3) is 2.37. The number of hydrogen-bond donors (Lipinski definition) is 2. The number of carbonyl (C=O) groups is 1. The van der Waals surface area contributed by atoms with Gasteiger partial charge in [0.1, 0.15) is 5.82 Å². The molecule has 0 spiro atoms. The normalized spacial score (nSPS) is 10.4. The maximum absolute atomic E-state index is 11.2. The van der Waals surface area contributed by atoms with E-state index in [1.54, 1.807) is 6.20 Å². The summed E-state index contributed by atoms with van der Waals surface area (Å²) in [4.78, 5) is 17.1. The van der Waals surface area contributed by atoms with Crippen LogP contribution in [-0.2, 0) is 0 Å². The summed E-state index contributed by atoms with van der Waals surface area (Å²) >= 11 is 0. The van der Waals surface area contributed by atoms with Crippen molar-refractivity contribution in [1.29, 1.82) is 0 Å². The first kappa shape index (κ1) is 11.3. The van der Waals surface area contributed by atoms with Crippen molar-refractivity contribution in [1.82, 2.24) is 4.98 Å². The van der Waals surface area contributed by atoms with Crippen LogP contribution in [0.3, 0.4) is 0 Å². The van der Waals surface area contributed by atoms with Gasteiger partial charge in [0.05, 0.1) is 17.4 Å². The largest absolute Gasteiger partial charge is 0.384 e. The fourth-order valence-electron chi connectivity index (χ4n) is 1.22. The first-order chi connectivity index (χ1) is 6.93. The van der Waals surface area contributed by atoms with E-state index in [0.717, 1.165) is 0 Å². The number of hydrogen-bond acceptors (Lipinski definition) is 4. The van der Waals surface area contributed by atoms with E-state index in [4.69, 9.17) is 11.5 Å². The molecule has 0 saturated carbocycles. The van der Waals surface area contributed by atoms with Crippen LogP contribution in [-0.4, -0.2) is 24.0 Å². The lowest BCUT2D eigenvalue weighted by Crippen LogP contribution is -2.28. The standard InChI is InChI=1S/C10H16N4O/c1-6(2)14(3)8-5-13-9(11)4-7(8)10(12)15/h4-6H,1-3H3,(H2,11,13)(H2,12,15). The van der Waals surface area contributed by atoms with Crippen LogP contribution in [0.2, 0.25) is 0 Å². The van der Waals surface area contributed by atoms with E-state index >= 15 is 0 Å². The SMILES string of the molecule is CC(C)N(C)c1cnc(N)cc1C(N)=O. The Kier molecular flexibility index (Phi) is 3.14. The van der Waals surface area contributed by atoms with Gasteiger partial charge in [-0.15, -0.1) is 0 Å². The number of nitrogens with zero attached hydrogens (tertiary/aromatic N) is 2. The summed E-state index contributed by atoms with van der Waals surface area (Å²) in [7, 11) is 1.88. The number of nitrogens with two attached hydrogens (primary N) is 2. The van der Waals surface area contributed by atoms with Crippen molar-refractivity contribution in [3.63, 3.8) is 0 Å². The molecule has 1 rings (SSSR count). The summed E-state index contributed by atoms with van der Waals surface area (Å²) < 4.78 is 0. The number of aromatic nitrogens is 1. The zero-order valence-electron chi connectivity index (χ0n) is 9.19. The molecule has 0 fully saturated rings. The molecule has 82 valence electrons. The molecule has 0 saturated heterocycles. The Labute approximate surface area is 89.1 Å². The fourth-order valence-corrected chi connectivity index (χ4v) is 1.22. The van der Waals surface area contributed by atoms with Crippen LogP contribution in [0.5, 0.6) is 0 Å². The highest BCUT2D eigenvalue weighted by molar-refractivity contribution is 5.99. The van der Waals surface area contributed by atoms with Gasteiger partial charge in [0, 0.05) is 13.1 Å². The summed E-state index contributed by atoms with van der Waals surface area (Å²) in [6.07, 6.45) is 1.56. The highest BCUT2D eigenvalue weighted by atomic mass is 16.1. The minimum absolute atomic E-state index is 0.258. The molecule has 0 radical (unpaired) electrons. The minimum atomic E-state index is -0.494. The molecule has 15 heavy (non-hydrogen) atoms. The topological polar surface area (TPSA) is 85.2 Å². The first-order valence-electron chi connectivity index (χ1n) is 4.71. The molecule has 0 aliphatic rings. The Morgan fingerprint density at radius 3 is 2.60 bits per heavy atom. The number of primary amides is 1. The van der Waals surface area contributed by atoms with Crippen LogP contribution >= 0.6 is 0 Å². The van der Waals surface area contributed by atoms with Gasteiger partial charge >= 0.3 is 0 Å². The molecular formula is C10H16N4O. The van der Waals surface area contributed by atoms with Crippen molar-refractivity contribution >= 4 is 17.4 Å². The third-order valence-corrected chi connectivity index (χ3v) is 2.32. The van der Waals surface area contributed by atoms with Gasteiger partial charge in [-0.25, -0.2) is 4.98 Å². The van der Waals surface area contributed by atoms with Gasteiger partial charge < -0.3 is 16.4 Å². The summed E-state index contributed by atoms with van der Waals surface area (Å²) in [5.41, 5.74) is 11.9. The number of carbonyl (C=O) groups excluding carboxylic acids is 1. The Bertz CT molecular complexity index is 376. The molecule has 1 aromatic rings. The molecule has 1 aromatic heterocycles. The van der Waals surface area contributed by atoms with E-state index in [9.17, 15) is 4.79 Å². The van der Waals surface area contributed by atoms with Crippen LogP contribution in [0, 0.1) is 0 Å². The van der Waals surface area contributed by atoms with Crippen molar-refractivity contribution in [3.05, 3.63) is 17.8 Å². The number of anilines is 2. The quantitative estimate of drug-likeness (QED) is 0.762. The molecule has 1 amide bonds. The van der Waals surface area contributed by atoms with Gasteiger partial charge in [0.2, 0.25) is 0 Å². The van der Waals surface area contributed by atoms with E-state index in [2.05, 4.69) is 4.98 Å². The summed E-state index contributed by atoms with van der Waals surface area (Å²) in [6, 6.07) is 1.75. The maximum Gasteiger partial charge on any atom is 0.251 e. The molecule has 0 atom stereocenters. The fraction of sp³-hybridized carbons (Fsp3) is 0.400. The zero-order chi connectivity index (χ0) is 11.6. The Morgan fingerprint density at radius 2 is 2.13 bits per heavy atom. The molecule has 5 heteroatoms. The van der Waals surface area contributed by atoms with Gasteiger partial charge in [0.25, 0.3) is 5.91 Å². The Balaban J connectivity index is 3.22. The van der Waals surface area contributed by atoms with Gasteiger partial charge in [-0.05, 0) is 19.9 Å². The highest BCUT2D eigenvalue weighted by Gasteiger charge is 2.14. The summed E-state index contributed by atoms with van der Waals surface area (Å²) in [5.74, 6) is -0.198. The molecule has 5 nitrogen and oxygen atoms in total. The number of rotatable bonds is 3. The van der Waals surface area contributed by atoms with Crippen LogP contribution < -0.4 is 16.4 Å². The monoisotopic (exact) mass is 208 g/mol. The average Bonchev–Trinajstić information content (AvgIpc) is 2.16. The number of pyridine rings is 1. The van der Waals surface area contributed by atoms with Crippen LogP contribution in [0.15, 0.2) is 12.3 Å². The van der Waals surface area contributed by atoms with Crippen LogP contribution in [0.25, 0.3) is 0 Å². The zero-order valence-corrected chi connectivity index (χ0v) is 9.19. The smallest absolute Gasteiger partial charge is 0.251 e. The van der Waals surface area contributed by atoms with E-state index in [-0.39, 0.29) is 6.04 Å². The van der Waals surface area contributed by atoms with Crippen molar-refractivity contribution in [2.45, 2.75) is 19.9 Å². The molecule has 4 N–H and O–H groups in total. The van der Waals surface area contributed by atoms with Crippen LogP contribution in [0.1, 0.15) is 24.2 Å². The first-order valence-corrected chi connectivity index (χ1v) is 4.71. The summed E-state index contributed by atoms with van der Waals surface area (Å²) in [5, 5.41) is 0. The molecule has 0 aliphatic carbocycles. The van der Waals surface area contributed by atoms with Gasteiger partial charge in [-0.3, -0.25) is 4.79 Å². The lowest BCUT2D eigenvalue weighted by atomic mass is 10.1. The lowest BCUT2D eigenvalue weighted by Gasteiger charge is -2.25. The Morgan fingerprint density at radius 1 is 1.53 bits per heavy atom. The average molecular weight is 208 g/mol. The number of amides is 1. The van der Waals surface area contributed by atoms with Crippen molar-refractivity contribution in [3.8, 4) is 0 Å². The highest BCUT2D eigenvalue weighted by Crippen LogP contribution is 2.21. The van der Waals surface area contributed by atoms with Gasteiger partial charge in [-0.2, -0.15) is 0 Å². The predicted molar refractivity (Wildman–Crippen MR) is 60.7 cm³/mol. The second-order valence-corrected chi connectivity index (χ2v) is 3.70. The van der Waals surface area contributed by atoms with Crippen molar-refractivity contribution < 1.29 is 4.79 Å². The molecule has 0 aliphatic heterocycles. The van der Waals surface area contributed by atoms with Crippen molar-refractivity contribution in [2.24, 2.45) is 5.73 Å². The molecule has 0 aromatic carbocycles. The molecule has 0 unspecified atom stereocenters. The second-order valence-electron chi connectivity index (χ2n) is 3.70. The maximum atomic E-state index is 11.2. The van der Waals surface area contributed by atoms with E-state index in [1.807, 2.05) is 25.8 Å². The van der Waals surface area contributed by atoms with Crippen LogP contribution in [0.4, 0.5) is 11.5 Å². The minimum Gasteiger partial charge on any atom is -0.384 e.